The second kappa shape index (κ2) is 4.29. The van der Waals surface area contributed by atoms with Gasteiger partial charge in [-0.3, -0.25) is 0 Å². The van der Waals surface area contributed by atoms with Crippen LogP contribution < -0.4 is 0 Å². The molecule has 2 nitrogen and oxygen atoms in total. The van der Waals surface area contributed by atoms with Gasteiger partial charge >= 0.3 is 0 Å². The van der Waals surface area contributed by atoms with Crippen molar-refractivity contribution in [1.82, 2.24) is 10.2 Å². The van der Waals surface area contributed by atoms with E-state index in [-0.39, 0.29) is 0 Å². The SMILES string of the molecule is Clc1cnnc(CC2CCCS2)c1. The van der Waals surface area contributed by atoms with Gasteiger partial charge in [0, 0.05) is 11.7 Å². The van der Waals surface area contributed by atoms with Crippen LogP contribution in [0.25, 0.3) is 0 Å². The van der Waals surface area contributed by atoms with Crippen molar-refractivity contribution >= 4 is 23.4 Å². The monoisotopic (exact) mass is 214 g/mol. The number of hydrogen-bond acceptors (Lipinski definition) is 3. The molecule has 0 N–H and O–H groups in total. The van der Waals surface area contributed by atoms with E-state index in [9.17, 15) is 0 Å². The topological polar surface area (TPSA) is 25.8 Å². The Morgan fingerprint density at radius 3 is 3.23 bits per heavy atom. The lowest BCUT2D eigenvalue weighted by Gasteiger charge is -2.06. The highest BCUT2D eigenvalue weighted by atomic mass is 35.5. The molecule has 0 spiro atoms. The number of hydrogen-bond donors (Lipinski definition) is 0. The Labute approximate surface area is 87.1 Å². The van der Waals surface area contributed by atoms with Gasteiger partial charge in [-0.1, -0.05) is 11.6 Å². The Morgan fingerprint density at radius 1 is 1.62 bits per heavy atom. The van der Waals surface area contributed by atoms with Crippen molar-refractivity contribution in [2.45, 2.75) is 24.5 Å². The number of aromatic nitrogens is 2. The summed E-state index contributed by atoms with van der Waals surface area (Å²) in [5.41, 5.74) is 1.02. The molecule has 1 saturated heterocycles. The van der Waals surface area contributed by atoms with E-state index < -0.39 is 0 Å². The summed E-state index contributed by atoms with van der Waals surface area (Å²) in [5.74, 6) is 1.29. The van der Waals surface area contributed by atoms with Gasteiger partial charge in [0.2, 0.25) is 0 Å². The highest BCUT2D eigenvalue weighted by Gasteiger charge is 2.16. The lowest BCUT2D eigenvalue weighted by atomic mass is 10.1. The van der Waals surface area contributed by atoms with Gasteiger partial charge in [0.1, 0.15) is 0 Å². The van der Waals surface area contributed by atoms with Gasteiger partial charge in [-0.15, -0.1) is 0 Å². The fraction of sp³-hybridized carbons (Fsp3) is 0.556. The predicted molar refractivity (Wildman–Crippen MR) is 56.2 cm³/mol. The van der Waals surface area contributed by atoms with Gasteiger partial charge in [-0.2, -0.15) is 22.0 Å². The molecular formula is C9H11ClN2S. The molecule has 1 atom stereocenters. The first-order valence-corrected chi connectivity index (χ1v) is 5.86. The van der Waals surface area contributed by atoms with E-state index in [1.807, 2.05) is 17.8 Å². The zero-order valence-electron chi connectivity index (χ0n) is 7.24. The molecular weight excluding hydrogens is 204 g/mol. The fourth-order valence-corrected chi connectivity index (χ4v) is 2.98. The molecule has 70 valence electrons. The van der Waals surface area contributed by atoms with Crippen molar-refractivity contribution < 1.29 is 0 Å². The van der Waals surface area contributed by atoms with Crippen molar-refractivity contribution in [3.8, 4) is 0 Å². The quantitative estimate of drug-likeness (QED) is 0.757. The van der Waals surface area contributed by atoms with Gasteiger partial charge in [0.15, 0.2) is 0 Å². The molecule has 0 aliphatic carbocycles. The molecule has 0 radical (unpaired) electrons. The molecule has 0 saturated carbocycles. The fourth-order valence-electron chi connectivity index (χ4n) is 1.52. The number of thioether (sulfide) groups is 1. The van der Waals surface area contributed by atoms with E-state index in [0.29, 0.717) is 5.02 Å². The van der Waals surface area contributed by atoms with Crippen LogP contribution in [0.5, 0.6) is 0 Å². The molecule has 0 amide bonds. The van der Waals surface area contributed by atoms with Crippen LogP contribution in [0.4, 0.5) is 0 Å². The van der Waals surface area contributed by atoms with Crippen LogP contribution in [-0.4, -0.2) is 21.2 Å². The van der Waals surface area contributed by atoms with E-state index >= 15 is 0 Å². The summed E-state index contributed by atoms with van der Waals surface area (Å²) in [5, 5.41) is 9.31. The molecule has 4 heteroatoms. The summed E-state index contributed by atoms with van der Waals surface area (Å²) >= 11 is 7.85. The first-order valence-electron chi connectivity index (χ1n) is 4.43. The Kier molecular flexibility index (Phi) is 3.06. The largest absolute Gasteiger partial charge is 0.158 e. The van der Waals surface area contributed by atoms with E-state index in [1.165, 1.54) is 18.6 Å². The molecule has 2 heterocycles. The van der Waals surface area contributed by atoms with E-state index in [0.717, 1.165) is 17.4 Å². The first-order chi connectivity index (χ1) is 6.34. The van der Waals surface area contributed by atoms with Gasteiger partial charge in [-0.05, 0) is 24.7 Å². The Morgan fingerprint density at radius 2 is 2.54 bits per heavy atom. The van der Waals surface area contributed by atoms with Crippen LogP contribution in [0.2, 0.25) is 5.02 Å². The smallest absolute Gasteiger partial charge is 0.0682 e. The van der Waals surface area contributed by atoms with Crippen molar-refractivity contribution in [1.29, 1.82) is 0 Å². The minimum atomic E-state index is 0.688. The Bertz CT molecular complexity index is 287. The average Bonchev–Trinajstić information content (AvgIpc) is 2.57. The third-order valence-electron chi connectivity index (χ3n) is 2.13. The Balaban J connectivity index is 2.00. The van der Waals surface area contributed by atoms with E-state index in [4.69, 9.17) is 11.6 Å². The number of rotatable bonds is 2. The van der Waals surface area contributed by atoms with Gasteiger partial charge < -0.3 is 0 Å². The van der Waals surface area contributed by atoms with Gasteiger partial charge in [0.05, 0.1) is 16.9 Å². The number of nitrogens with zero attached hydrogens (tertiary/aromatic N) is 2. The van der Waals surface area contributed by atoms with Crippen LogP contribution in [0.1, 0.15) is 18.5 Å². The first kappa shape index (κ1) is 9.28. The maximum atomic E-state index is 5.82. The molecule has 2 rings (SSSR count). The highest BCUT2D eigenvalue weighted by molar-refractivity contribution is 8.00. The zero-order chi connectivity index (χ0) is 9.10. The average molecular weight is 215 g/mol. The van der Waals surface area contributed by atoms with Crippen LogP contribution in [-0.2, 0) is 6.42 Å². The summed E-state index contributed by atoms with van der Waals surface area (Å²) in [6, 6.07) is 1.91. The van der Waals surface area contributed by atoms with E-state index in [2.05, 4.69) is 10.2 Å². The lowest BCUT2D eigenvalue weighted by molar-refractivity contribution is 0.751. The lowest BCUT2D eigenvalue weighted by Crippen LogP contribution is -2.04. The highest BCUT2D eigenvalue weighted by Crippen LogP contribution is 2.28. The standard InChI is InChI=1S/C9H11ClN2S/c10-7-4-8(12-11-6-7)5-9-2-1-3-13-9/h4,6,9H,1-3,5H2. The van der Waals surface area contributed by atoms with E-state index in [1.54, 1.807) is 6.20 Å². The molecule has 1 aliphatic heterocycles. The summed E-state index contributed by atoms with van der Waals surface area (Å²) in [6.45, 7) is 0. The predicted octanol–water partition coefficient (Wildman–Crippen LogP) is 2.57. The minimum Gasteiger partial charge on any atom is -0.158 e. The molecule has 1 fully saturated rings. The molecule has 0 bridgehead atoms. The zero-order valence-corrected chi connectivity index (χ0v) is 8.81. The maximum Gasteiger partial charge on any atom is 0.0682 e. The molecule has 1 unspecified atom stereocenters. The summed E-state index contributed by atoms with van der Waals surface area (Å²) in [7, 11) is 0. The maximum absolute atomic E-state index is 5.82. The summed E-state index contributed by atoms with van der Waals surface area (Å²) in [4.78, 5) is 0. The molecule has 13 heavy (non-hydrogen) atoms. The number of halogens is 1. The van der Waals surface area contributed by atoms with Crippen molar-refractivity contribution in [2.24, 2.45) is 0 Å². The van der Waals surface area contributed by atoms with Gasteiger partial charge in [0.25, 0.3) is 0 Å². The molecule has 1 aromatic heterocycles. The second-order valence-corrected chi connectivity index (χ2v) is 5.05. The molecule has 0 aromatic carbocycles. The van der Waals surface area contributed by atoms with Gasteiger partial charge in [-0.25, -0.2) is 0 Å². The van der Waals surface area contributed by atoms with Crippen molar-refractivity contribution in [2.75, 3.05) is 5.75 Å². The van der Waals surface area contributed by atoms with Crippen LogP contribution in [0.3, 0.4) is 0 Å². The van der Waals surface area contributed by atoms with Crippen LogP contribution in [0.15, 0.2) is 12.3 Å². The minimum absolute atomic E-state index is 0.688. The molecule has 1 aromatic rings. The van der Waals surface area contributed by atoms with Crippen LogP contribution in [0, 0.1) is 0 Å². The third-order valence-corrected chi connectivity index (χ3v) is 3.74. The normalized spacial score (nSPS) is 22.1. The van der Waals surface area contributed by atoms with Crippen LogP contribution >= 0.6 is 23.4 Å². The Hall–Kier alpha value is -0.280. The third kappa shape index (κ3) is 2.58. The summed E-state index contributed by atoms with van der Waals surface area (Å²) in [6.07, 6.45) is 5.23. The molecule has 1 aliphatic rings. The summed E-state index contributed by atoms with van der Waals surface area (Å²) < 4.78 is 0. The van der Waals surface area contributed by atoms with Crippen molar-refractivity contribution in [3.05, 3.63) is 23.0 Å². The second-order valence-electron chi connectivity index (χ2n) is 3.20. The van der Waals surface area contributed by atoms with Crippen molar-refractivity contribution in [3.63, 3.8) is 0 Å².